The summed E-state index contributed by atoms with van der Waals surface area (Å²) in [7, 11) is 0. The molecule has 0 amide bonds. The summed E-state index contributed by atoms with van der Waals surface area (Å²) in [4.78, 5) is 7.26. The molecule has 2 aliphatic carbocycles. The van der Waals surface area contributed by atoms with Crippen LogP contribution in [0.25, 0.3) is 0 Å². The van der Waals surface area contributed by atoms with E-state index in [9.17, 15) is 0 Å². The molecule has 3 fully saturated rings. The van der Waals surface area contributed by atoms with Crippen LogP contribution in [0.4, 0.5) is 0 Å². The van der Waals surface area contributed by atoms with E-state index >= 15 is 0 Å². The smallest absolute Gasteiger partial charge is 0.170 e. The molecule has 3 aliphatic rings. The van der Waals surface area contributed by atoms with E-state index in [1.54, 1.807) is 0 Å². The van der Waals surface area contributed by atoms with Gasteiger partial charge >= 0.3 is 0 Å². The molecule has 1 saturated heterocycles. The van der Waals surface area contributed by atoms with E-state index < -0.39 is 0 Å². The van der Waals surface area contributed by atoms with Crippen molar-refractivity contribution >= 4 is 17.3 Å². The van der Waals surface area contributed by atoms with Crippen LogP contribution >= 0.6 is 12.2 Å². The molecular formula is C25H34N4S. The van der Waals surface area contributed by atoms with Crippen molar-refractivity contribution in [3.8, 4) is 0 Å². The Labute approximate surface area is 186 Å². The summed E-state index contributed by atoms with van der Waals surface area (Å²) in [6, 6.07) is 10.2. The molecule has 1 aliphatic heterocycles. The van der Waals surface area contributed by atoms with E-state index in [2.05, 4.69) is 46.8 Å². The van der Waals surface area contributed by atoms with Gasteiger partial charge in [-0.15, -0.1) is 0 Å². The fraction of sp³-hybridized carbons (Fsp3) is 0.600. The van der Waals surface area contributed by atoms with Crippen LogP contribution in [0.15, 0.2) is 30.5 Å². The minimum absolute atomic E-state index is 0.111. The van der Waals surface area contributed by atoms with Crippen LogP contribution in [0.2, 0.25) is 0 Å². The van der Waals surface area contributed by atoms with Crippen LogP contribution in [0.5, 0.6) is 0 Å². The van der Waals surface area contributed by atoms with E-state index in [-0.39, 0.29) is 12.1 Å². The Kier molecular flexibility index (Phi) is 5.57. The second-order valence-electron chi connectivity index (χ2n) is 9.46. The predicted octanol–water partition coefficient (Wildman–Crippen LogP) is 5.92. The SMILES string of the molecule is Cc1cc(C2C(c3ccccn3)NC(=S)N2C2CCCC2)c(C)n1C1CCCCC1. The lowest BCUT2D eigenvalue weighted by molar-refractivity contribution is 0.244. The maximum atomic E-state index is 5.92. The first-order chi connectivity index (χ1) is 14.6. The second kappa shape index (κ2) is 8.33. The summed E-state index contributed by atoms with van der Waals surface area (Å²) in [6.45, 7) is 4.63. The highest BCUT2D eigenvalue weighted by Crippen LogP contribution is 2.45. The average molecular weight is 423 g/mol. The molecule has 1 N–H and O–H groups in total. The zero-order chi connectivity index (χ0) is 20.7. The molecule has 4 nitrogen and oxygen atoms in total. The van der Waals surface area contributed by atoms with Gasteiger partial charge in [0.15, 0.2) is 5.11 Å². The van der Waals surface area contributed by atoms with Gasteiger partial charge in [-0.25, -0.2) is 0 Å². The Bertz CT molecular complexity index is 893. The van der Waals surface area contributed by atoms with Crippen LogP contribution in [0, 0.1) is 13.8 Å². The maximum absolute atomic E-state index is 5.92. The fourth-order valence-electron chi connectivity index (χ4n) is 6.28. The lowest BCUT2D eigenvalue weighted by Crippen LogP contribution is -2.37. The van der Waals surface area contributed by atoms with Gasteiger partial charge < -0.3 is 14.8 Å². The molecule has 0 spiro atoms. The Hall–Kier alpha value is -1.88. The fourth-order valence-corrected chi connectivity index (χ4v) is 6.67. The van der Waals surface area contributed by atoms with Gasteiger partial charge in [0.1, 0.15) is 0 Å². The zero-order valence-electron chi connectivity index (χ0n) is 18.3. The molecule has 3 heterocycles. The zero-order valence-corrected chi connectivity index (χ0v) is 19.1. The van der Waals surface area contributed by atoms with Crippen LogP contribution in [0.3, 0.4) is 0 Å². The summed E-state index contributed by atoms with van der Waals surface area (Å²) in [6.07, 6.45) is 13.7. The van der Waals surface area contributed by atoms with Gasteiger partial charge in [0.2, 0.25) is 0 Å². The van der Waals surface area contributed by atoms with Crippen molar-refractivity contribution in [3.05, 3.63) is 53.1 Å². The summed E-state index contributed by atoms with van der Waals surface area (Å²) in [5.74, 6) is 0. The molecular weight excluding hydrogens is 388 g/mol. The topological polar surface area (TPSA) is 33.1 Å². The first-order valence-electron chi connectivity index (χ1n) is 11.8. The summed E-state index contributed by atoms with van der Waals surface area (Å²) in [5, 5.41) is 4.57. The Morgan fingerprint density at radius 1 is 0.967 bits per heavy atom. The van der Waals surface area contributed by atoms with Gasteiger partial charge in [-0.05, 0) is 75.5 Å². The van der Waals surface area contributed by atoms with Gasteiger partial charge in [0, 0.05) is 29.7 Å². The maximum Gasteiger partial charge on any atom is 0.170 e. The molecule has 0 bridgehead atoms. The monoisotopic (exact) mass is 422 g/mol. The van der Waals surface area contributed by atoms with Crippen molar-refractivity contribution in [1.82, 2.24) is 19.8 Å². The number of nitrogens with one attached hydrogen (secondary N) is 1. The number of nitrogens with zero attached hydrogens (tertiary/aromatic N) is 3. The van der Waals surface area contributed by atoms with Crippen molar-refractivity contribution in [2.24, 2.45) is 0 Å². The Morgan fingerprint density at radius 3 is 2.37 bits per heavy atom. The van der Waals surface area contributed by atoms with Crippen LogP contribution in [-0.4, -0.2) is 25.6 Å². The third kappa shape index (κ3) is 3.45. The van der Waals surface area contributed by atoms with Gasteiger partial charge in [0.05, 0.1) is 17.8 Å². The van der Waals surface area contributed by atoms with Crippen LogP contribution < -0.4 is 5.32 Å². The molecule has 160 valence electrons. The molecule has 30 heavy (non-hydrogen) atoms. The first-order valence-corrected chi connectivity index (χ1v) is 12.2. The number of aromatic nitrogens is 2. The highest BCUT2D eigenvalue weighted by atomic mass is 32.1. The van der Waals surface area contributed by atoms with Gasteiger partial charge in [-0.2, -0.15) is 0 Å². The number of hydrogen-bond donors (Lipinski definition) is 1. The summed E-state index contributed by atoms with van der Waals surface area (Å²) < 4.78 is 2.64. The van der Waals surface area contributed by atoms with Crippen LogP contribution in [0.1, 0.15) is 98.6 Å². The molecule has 5 heteroatoms. The molecule has 2 atom stereocenters. The van der Waals surface area contributed by atoms with Gasteiger partial charge in [-0.1, -0.05) is 38.2 Å². The van der Waals surface area contributed by atoms with Gasteiger partial charge in [0.25, 0.3) is 0 Å². The van der Waals surface area contributed by atoms with E-state index in [1.165, 1.54) is 74.7 Å². The standard InChI is InChI=1S/C25H34N4S/c1-17-16-21(18(2)28(17)19-10-4-3-5-11-19)24-23(22-14-8-9-15-26-22)27-25(30)29(24)20-12-6-7-13-20/h8-9,14-16,19-20,23-24H,3-7,10-13H2,1-2H3,(H,27,30). The normalized spacial score (nSPS) is 25.8. The molecule has 5 rings (SSSR count). The van der Waals surface area contributed by atoms with Crippen molar-refractivity contribution in [2.45, 2.75) is 95.8 Å². The predicted molar refractivity (Wildman–Crippen MR) is 126 cm³/mol. The summed E-state index contributed by atoms with van der Waals surface area (Å²) in [5.41, 5.74) is 5.36. The Morgan fingerprint density at radius 2 is 1.67 bits per heavy atom. The molecule has 0 radical (unpaired) electrons. The van der Waals surface area contributed by atoms with E-state index in [0.29, 0.717) is 12.1 Å². The Balaban J connectivity index is 1.58. The van der Waals surface area contributed by atoms with Crippen molar-refractivity contribution in [2.75, 3.05) is 0 Å². The molecule has 2 aromatic heterocycles. The minimum atomic E-state index is 0.111. The quantitative estimate of drug-likeness (QED) is 0.620. The minimum Gasteiger partial charge on any atom is -0.352 e. The lowest BCUT2D eigenvalue weighted by Gasteiger charge is -2.33. The number of thiocarbonyl (C=S) groups is 1. The van der Waals surface area contributed by atoms with Crippen LogP contribution in [-0.2, 0) is 0 Å². The molecule has 2 saturated carbocycles. The third-order valence-corrected chi connectivity index (χ3v) is 7.96. The summed E-state index contributed by atoms with van der Waals surface area (Å²) >= 11 is 5.92. The highest BCUT2D eigenvalue weighted by Gasteiger charge is 2.45. The highest BCUT2D eigenvalue weighted by molar-refractivity contribution is 7.80. The average Bonchev–Trinajstić information content (AvgIpc) is 3.47. The lowest BCUT2D eigenvalue weighted by atomic mass is 9.94. The number of hydrogen-bond acceptors (Lipinski definition) is 2. The number of aryl methyl sites for hydroxylation is 1. The first kappa shape index (κ1) is 20.0. The third-order valence-electron chi connectivity index (χ3n) is 7.64. The number of pyridine rings is 1. The molecule has 0 aromatic carbocycles. The van der Waals surface area contributed by atoms with Crippen molar-refractivity contribution < 1.29 is 0 Å². The second-order valence-corrected chi connectivity index (χ2v) is 9.85. The van der Waals surface area contributed by atoms with E-state index in [1.807, 2.05) is 12.3 Å². The van der Waals surface area contributed by atoms with Gasteiger partial charge in [-0.3, -0.25) is 4.98 Å². The van der Waals surface area contributed by atoms with E-state index in [4.69, 9.17) is 17.2 Å². The largest absolute Gasteiger partial charge is 0.352 e. The number of rotatable bonds is 4. The molecule has 2 aromatic rings. The van der Waals surface area contributed by atoms with E-state index in [0.717, 1.165) is 10.8 Å². The van der Waals surface area contributed by atoms with Crippen molar-refractivity contribution in [3.63, 3.8) is 0 Å². The molecule has 2 unspecified atom stereocenters. The van der Waals surface area contributed by atoms with Crippen molar-refractivity contribution in [1.29, 1.82) is 0 Å².